The lowest BCUT2D eigenvalue weighted by atomic mass is 10.2. The second-order valence-corrected chi connectivity index (χ2v) is 6.50. The van der Waals surface area contributed by atoms with Gasteiger partial charge < -0.3 is 14.6 Å². The average molecular weight is 301 g/mol. The molecular weight excluding hydrogens is 282 g/mol. The van der Waals surface area contributed by atoms with Crippen LogP contribution < -0.4 is 10.0 Å². The van der Waals surface area contributed by atoms with Crippen LogP contribution in [0, 0.1) is 0 Å². The number of carbonyl (C=O) groups is 1. The first-order valence-corrected chi connectivity index (χ1v) is 7.97. The van der Waals surface area contributed by atoms with Gasteiger partial charge in [-0.1, -0.05) is 0 Å². The Hall–Kier alpha value is -1.38. The molecule has 0 radical (unpaired) electrons. The van der Waals surface area contributed by atoms with Crippen molar-refractivity contribution in [2.45, 2.75) is 24.0 Å². The SMILES string of the molecule is CNCC1CCCN1C(=O)c1ccc(S(=O)(=O)NC)o1. The Balaban J connectivity index is 2.18. The smallest absolute Gasteiger partial charge is 0.289 e. The van der Waals surface area contributed by atoms with Crippen molar-refractivity contribution in [1.29, 1.82) is 0 Å². The Labute approximate surface area is 118 Å². The summed E-state index contributed by atoms with van der Waals surface area (Å²) in [6, 6.07) is 2.82. The van der Waals surface area contributed by atoms with Gasteiger partial charge in [0.25, 0.3) is 15.9 Å². The molecule has 8 heteroatoms. The summed E-state index contributed by atoms with van der Waals surface area (Å²) in [5.41, 5.74) is 0. The second kappa shape index (κ2) is 5.94. The highest BCUT2D eigenvalue weighted by atomic mass is 32.2. The number of likely N-dealkylation sites (N-methyl/N-ethyl adjacent to an activating group) is 1. The molecule has 1 atom stereocenters. The van der Waals surface area contributed by atoms with Crippen molar-refractivity contribution in [1.82, 2.24) is 14.9 Å². The number of nitrogens with one attached hydrogen (secondary N) is 2. The molecule has 1 aromatic heterocycles. The number of sulfonamides is 1. The van der Waals surface area contributed by atoms with Crippen molar-refractivity contribution < 1.29 is 17.6 Å². The summed E-state index contributed by atoms with van der Waals surface area (Å²) in [7, 11) is -0.525. The Kier molecular flexibility index (Phi) is 4.46. The highest BCUT2D eigenvalue weighted by Gasteiger charge is 2.31. The van der Waals surface area contributed by atoms with Crippen LogP contribution in [0.2, 0.25) is 0 Å². The Bertz CT molecular complexity index is 581. The van der Waals surface area contributed by atoms with E-state index in [0.29, 0.717) is 13.1 Å². The number of furan rings is 1. The first kappa shape index (κ1) is 15.0. The van der Waals surface area contributed by atoms with Crippen molar-refractivity contribution in [3.63, 3.8) is 0 Å². The van der Waals surface area contributed by atoms with Crippen molar-refractivity contribution in [3.05, 3.63) is 17.9 Å². The number of hydrogen-bond acceptors (Lipinski definition) is 5. The van der Waals surface area contributed by atoms with Gasteiger partial charge in [-0.25, -0.2) is 13.1 Å². The summed E-state index contributed by atoms with van der Waals surface area (Å²) in [4.78, 5) is 14.1. The van der Waals surface area contributed by atoms with Crippen LogP contribution in [0.15, 0.2) is 21.6 Å². The van der Waals surface area contributed by atoms with E-state index in [-0.39, 0.29) is 22.8 Å². The van der Waals surface area contributed by atoms with Crippen LogP contribution in [-0.4, -0.2) is 52.5 Å². The minimum atomic E-state index is -3.66. The maximum absolute atomic E-state index is 12.3. The number of hydrogen-bond donors (Lipinski definition) is 2. The molecule has 1 saturated heterocycles. The van der Waals surface area contributed by atoms with E-state index >= 15 is 0 Å². The molecule has 0 aliphatic carbocycles. The van der Waals surface area contributed by atoms with Gasteiger partial charge in [-0.3, -0.25) is 4.79 Å². The standard InChI is InChI=1S/C12H19N3O4S/c1-13-8-9-4-3-7-15(9)12(16)10-5-6-11(19-10)20(17,18)14-2/h5-6,9,13-14H,3-4,7-8H2,1-2H3. The lowest BCUT2D eigenvalue weighted by Crippen LogP contribution is -2.40. The van der Waals surface area contributed by atoms with E-state index in [0.717, 1.165) is 12.8 Å². The predicted octanol–water partition coefficient (Wildman–Crippen LogP) is 0.0117. The topological polar surface area (TPSA) is 91.7 Å². The van der Waals surface area contributed by atoms with Crippen molar-refractivity contribution >= 4 is 15.9 Å². The van der Waals surface area contributed by atoms with E-state index < -0.39 is 10.0 Å². The van der Waals surface area contributed by atoms with Crippen molar-refractivity contribution in [3.8, 4) is 0 Å². The number of likely N-dealkylation sites (tertiary alicyclic amines) is 1. The lowest BCUT2D eigenvalue weighted by molar-refractivity contribution is 0.0699. The van der Waals surface area contributed by atoms with E-state index in [9.17, 15) is 13.2 Å². The quantitative estimate of drug-likeness (QED) is 0.799. The molecule has 1 unspecified atom stereocenters. The maximum Gasteiger partial charge on any atom is 0.289 e. The van der Waals surface area contributed by atoms with Gasteiger partial charge in [-0.15, -0.1) is 0 Å². The summed E-state index contributed by atoms with van der Waals surface area (Å²) in [6.45, 7) is 1.38. The van der Waals surface area contributed by atoms with Crippen LogP contribution in [0.3, 0.4) is 0 Å². The highest BCUT2D eigenvalue weighted by Crippen LogP contribution is 2.22. The largest absolute Gasteiger partial charge is 0.438 e. The molecular formula is C12H19N3O4S. The zero-order chi connectivity index (χ0) is 14.8. The van der Waals surface area contributed by atoms with E-state index in [2.05, 4.69) is 10.0 Å². The molecule has 1 amide bonds. The van der Waals surface area contributed by atoms with Crippen LogP contribution in [0.25, 0.3) is 0 Å². The van der Waals surface area contributed by atoms with E-state index in [1.807, 2.05) is 7.05 Å². The highest BCUT2D eigenvalue weighted by molar-refractivity contribution is 7.89. The van der Waals surface area contributed by atoms with Gasteiger partial charge in [-0.05, 0) is 39.1 Å². The summed E-state index contributed by atoms with van der Waals surface area (Å²) >= 11 is 0. The molecule has 0 saturated carbocycles. The minimum absolute atomic E-state index is 0.0572. The Morgan fingerprint density at radius 3 is 2.85 bits per heavy atom. The van der Waals surface area contributed by atoms with Gasteiger partial charge in [0.2, 0.25) is 5.09 Å². The fourth-order valence-corrected chi connectivity index (χ4v) is 3.02. The van der Waals surface area contributed by atoms with Crippen LogP contribution in [-0.2, 0) is 10.0 Å². The summed E-state index contributed by atoms with van der Waals surface area (Å²) in [5, 5.41) is 2.81. The van der Waals surface area contributed by atoms with Crippen molar-refractivity contribution in [2.24, 2.45) is 0 Å². The average Bonchev–Trinajstić information content (AvgIpc) is 3.07. The summed E-state index contributed by atoms with van der Waals surface area (Å²) in [6.07, 6.45) is 1.88. The van der Waals surface area contributed by atoms with Crippen LogP contribution >= 0.6 is 0 Å². The van der Waals surface area contributed by atoms with E-state index in [1.54, 1.807) is 4.90 Å². The molecule has 112 valence electrons. The molecule has 20 heavy (non-hydrogen) atoms. The molecule has 1 aliphatic rings. The van der Waals surface area contributed by atoms with Gasteiger partial charge in [0.15, 0.2) is 5.76 Å². The number of carbonyl (C=O) groups excluding carboxylic acids is 1. The van der Waals surface area contributed by atoms with Gasteiger partial charge in [-0.2, -0.15) is 0 Å². The molecule has 1 fully saturated rings. The molecule has 2 heterocycles. The van der Waals surface area contributed by atoms with Gasteiger partial charge in [0.05, 0.1) is 0 Å². The zero-order valence-electron chi connectivity index (χ0n) is 11.5. The fraction of sp³-hybridized carbons (Fsp3) is 0.583. The number of rotatable bonds is 5. The number of nitrogens with zero attached hydrogens (tertiary/aromatic N) is 1. The molecule has 0 aromatic carbocycles. The second-order valence-electron chi connectivity index (χ2n) is 4.68. The van der Waals surface area contributed by atoms with Gasteiger partial charge in [0.1, 0.15) is 0 Å². The third kappa shape index (κ3) is 2.87. The van der Waals surface area contributed by atoms with Gasteiger partial charge >= 0.3 is 0 Å². The molecule has 0 spiro atoms. The Morgan fingerprint density at radius 2 is 2.20 bits per heavy atom. The zero-order valence-corrected chi connectivity index (χ0v) is 12.4. The molecule has 0 bridgehead atoms. The van der Waals surface area contributed by atoms with Crippen LogP contribution in [0.4, 0.5) is 0 Å². The molecule has 1 aliphatic heterocycles. The lowest BCUT2D eigenvalue weighted by Gasteiger charge is -2.23. The first-order chi connectivity index (χ1) is 9.49. The number of amides is 1. The molecule has 7 nitrogen and oxygen atoms in total. The van der Waals surface area contributed by atoms with E-state index in [4.69, 9.17) is 4.42 Å². The van der Waals surface area contributed by atoms with Crippen LogP contribution in [0.5, 0.6) is 0 Å². The molecule has 1 aromatic rings. The van der Waals surface area contributed by atoms with Crippen LogP contribution in [0.1, 0.15) is 23.4 Å². The predicted molar refractivity (Wildman–Crippen MR) is 72.9 cm³/mol. The first-order valence-electron chi connectivity index (χ1n) is 6.48. The minimum Gasteiger partial charge on any atom is -0.438 e. The fourth-order valence-electron chi connectivity index (χ4n) is 2.37. The van der Waals surface area contributed by atoms with Gasteiger partial charge in [0, 0.05) is 19.1 Å². The Morgan fingerprint density at radius 1 is 1.45 bits per heavy atom. The van der Waals surface area contributed by atoms with E-state index in [1.165, 1.54) is 19.2 Å². The molecule has 2 rings (SSSR count). The monoisotopic (exact) mass is 301 g/mol. The third-order valence-corrected chi connectivity index (χ3v) is 4.69. The summed E-state index contributed by atoms with van der Waals surface area (Å²) < 4.78 is 30.5. The maximum atomic E-state index is 12.3. The van der Waals surface area contributed by atoms with Crippen molar-refractivity contribution in [2.75, 3.05) is 27.2 Å². The normalized spacial score (nSPS) is 19.5. The third-order valence-electron chi connectivity index (χ3n) is 3.40. The summed E-state index contributed by atoms with van der Waals surface area (Å²) in [5.74, 6) is -0.206. The molecule has 2 N–H and O–H groups in total.